The molecule has 18 heteroatoms. The zero-order valence-corrected chi connectivity index (χ0v) is 30.8. The number of hydrogen-bond donors (Lipinski definition) is 5. The monoisotopic (exact) mass is 845 g/mol. The third kappa shape index (κ3) is 7.59. The van der Waals surface area contributed by atoms with Crippen LogP contribution < -0.4 is 35.2 Å². The molecule has 6 rings (SSSR count). The number of cyclic esters (lactones) is 1. The van der Waals surface area contributed by atoms with Crippen LogP contribution in [-0.2, 0) is 9.47 Å². The van der Waals surface area contributed by atoms with Crippen molar-refractivity contribution in [3.05, 3.63) is 64.7 Å². The van der Waals surface area contributed by atoms with E-state index in [1.165, 1.54) is 54.1 Å². The molecular weight excluding hydrogens is 810 g/mol. The molecule has 3 aromatic carbocycles. The summed E-state index contributed by atoms with van der Waals surface area (Å²) in [5.41, 5.74) is 6.18. The van der Waals surface area contributed by atoms with Crippen molar-refractivity contribution < 1.29 is 89.4 Å². The molecule has 0 saturated carbocycles. The number of aromatic hydroxyl groups is 2. The van der Waals surface area contributed by atoms with Crippen molar-refractivity contribution in [1.82, 2.24) is 9.80 Å². The van der Waals surface area contributed by atoms with Crippen LogP contribution in [-0.4, -0.2) is 127 Å². The van der Waals surface area contributed by atoms with Crippen LogP contribution in [0.4, 0.5) is 9.59 Å². The van der Waals surface area contributed by atoms with Gasteiger partial charge >= 0.3 is 164 Å². The van der Waals surface area contributed by atoms with Gasteiger partial charge in [-0.15, -0.1) is 0 Å². The number of esters is 1. The Bertz CT molecular complexity index is 1960. The van der Waals surface area contributed by atoms with Crippen LogP contribution >= 0.6 is 0 Å². The summed E-state index contributed by atoms with van der Waals surface area (Å²) < 4.78 is 28.8. The van der Waals surface area contributed by atoms with E-state index in [0.29, 0.717) is 5.56 Å². The first kappa shape index (κ1) is 38.1. The molecular formula is C35H35BIN2O14-. The number of phenols is 2. The Hall–Kier alpha value is -4.63. The van der Waals surface area contributed by atoms with Crippen LogP contribution in [0.1, 0.15) is 44.4 Å². The number of benzene rings is 3. The van der Waals surface area contributed by atoms with Gasteiger partial charge in [0.15, 0.2) is 5.78 Å². The Balaban J connectivity index is 1.43. The quantitative estimate of drug-likeness (QED) is 0.0670. The van der Waals surface area contributed by atoms with E-state index in [1.54, 1.807) is 19.2 Å². The zero-order valence-electron chi connectivity index (χ0n) is 28.6. The minimum absolute atomic E-state index is 0.0334. The van der Waals surface area contributed by atoms with Gasteiger partial charge < -0.3 is 44.5 Å². The second kappa shape index (κ2) is 15.4. The molecule has 5 N–H and O–H groups in total. The van der Waals surface area contributed by atoms with E-state index < -0.39 is 93.8 Å². The fourth-order valence-corrected chi connectivity index (χ4v) is 6.75. The average molecular weight is 845 g/mol. The number of ether oxygens (including phenoxy) is 5. The van der Waals surface area contributed by atoms with Crippen LogP contribution in [0.15, 0.2) is 42.5 Å². The summed E-state index contributed by atoms with van der Waals surface area (Å²) in [7, 11) is 3.06. The third-order valence-electron chi connectivity index (χ3n) is 9.26. The van der Waals surface area contributed by atoms with E-state index in [-0.39, 0.29) is 68.5 Å². The van der Waals surface area contributed by atoms with Gasteiger partial charge in [0.1, 0.15) is 59.6 Å². The Kier molecular flexibility index (Phi) is 11.1. The molecule has 2 radical (unpaired) electrons. The smallest absolute Gasteiger partial charge is 0.507 e. The van der Waals surface area contributed by atoms with Crippen molar-refractivity contribution in [2.75, 3.05) is 33.8 Å². The number of fused-ring (bicyclic) bond motifs is 10. The summed E-state index contributed by atoms with van der Waals surface area (Å²) in [6.07, 6.45) is -10.3. The van der Waals surface area contributed by atoms with Crippen LogP contribution in [0.2, 0.25) is 0 Å². The molecule has 6 unspecified atom stereocenters. The molecule has 2 amide bonds. The number of halogens is 1. The minimum Gasteiger partial charge on any atom is -0.507 e. The number of ketones is 1. The molecule has 1 saturated heterocycles. The molecule has 9 bridgehead atoms. The van der Waals surface area contributed by atoms with E-state index >= 15 is 0 Å². The van der Waals surface area contributed by atoms with Crippen molar-refractivity contribution in [2.45, 2.75) is 50.2 Å². The molecule has 16 nitrogen and oxygen atoms in total. The molecule has 280 valence electrons. The third-order valence-corrected chi connectivity index (χ3v) is 10.6. The number of aliphatic hydroxyl groups is 3. The molecule has 3 heterocycles. The number of likely N-dealkylation sites (N-methyl/N-ethyl adjacent to an activating group) is 2. The topological polar surface area (TPSA) is 222 Å². The second-order valence-corrected chi connectivity index (χ2v) is 14.3. The first-order valence-electron chi connectivity index (χ1n) is 16.3. The molecule has 3 aliphatic rings. The van der Waals surface area contributed by atoms with Gasteiger partial charge in [-0.05, 0) is 6.92 Å². The molecule has 0 aliphatic carbocycles. The molecule has 6 atom stereocenters. The average Bonchev–Trinajstić information content (AvgIpc) is 3.14. The van der Waals surface area contributed by atoms with Gasteiger partial charge in [0.2, 0.25) is 6.29 Å². The summed E-state index contributed by atoms with van der Waals surface area (Å²) in [6.45, 7) is 1.13. The summed E-state index contributed by atoms with van der Waals surface area (Å²) >= 11 is -1.15. The number of carbonyl (C=O) groups is 4. The Labute approximate surface area is 314 Å². The predicted octanol–water partition coefficient (Wildman–Crippen LogP) is -1.21. The van der Waals surface area contributed by atoms with Gasteiger partial charge in [-0.1, -0.05) is 0 Å². The van der Waals surface area contributed by atoms with Gasteiger partial charge in [0.25, 0.3) is 0 Å². The van der Waals surface area contributed by atoms with Crippen molar-refractivity contribution in [3.63, 3.8) is 0 Å². The predicted molar refractivity (Wildman–Crippen MR) is 179 cm³/mol. The number of nitrogens with zero attached hydrogens (tertiary/aromatic N) is 2. The van der Waals surface area contributed by atoms with Gasteiger partial charge in [0.05, 0.1) is 6.42 Å². The van der Waals surface area contributed by atoms with Gasteiger partial charge in [-0.3, -0.25) is 4.79 Å². The van der Waals surface area contributed by atoms with Crippen LogP contribution in [0, 0.1) is 6.92 Å². The minimum atomic E-state index is -1.81. The van der Waals surface area contributed by atoms with Gasteiger partial charge in [0, 0.05) is 11.6 Å². The second-order valence-electron chi connectivity index (χ2n) is 12.7. The van der Waals surface area contributed by atoms with E-state index in [2.05, 4.69) is 0 Å². The molecule has 3 aromatic rings. The van der Waals surface area contributed by atoms with Crippen molar-refractivity contribution in [1.29, 1.82) is 0 Å². The number of carbonyl (C=O) groups excluding carboxylic acids is 4. The van der Waals surface area contributed by atoms with Gasteiger partial charge in [-0.25, -0.2) is 4.79 Å². The van der Waals surface area contributed by atoms with Crippen LogP contribution in [0.3, 0.4) is 0 Å². The SMILES string of the molecule is [B][I-]C(=O)N(C)CCN(C)C(=O)Oc1ccc2cc1-c1ccc(O)c(c1)C(=O)OCC1OC(Oc3cc4c(c(O)c3C)C(=O)CC2O4)C(O)C(O)C1O. The Morgan fingerprint density at radius 2 is 1.66 bits per heavy atom. The number of hydrogen-bond acceptors (Lipinski definition) is 14. The number of amides is 2. The van der Waals surface area contributed by atoms with E-state index in [4.69, 9.17) is 29.4 Å². The zero-order chi connectivity index (χ0) is 38.3. The molecule has 3 aliphatic heterocycles. The fraction of sp³-hybridized carbons (Fsp3) is 0.371. The molecule has 0 spiro atoms. The molecule has 1 fully saturated rings. The maximum atomic E-state index is 13.5. The summed E-state index contributed by atoms with van der Waals surface area (Å²) in [5, 5.41) is 53.7. The Morgan fingerprint density at radius 1 is 0.925 bits per heavy atom. The number of aliphatic hydroxyl groups excluding tert-OH is 3. The standard InChI is InChI=1S/C35H35BIN2O14/c1-15-23-13-25-27(28(15)42)21(41)12-24(50-25)17-5-7-22(53-35(48)39(3)9-8-38(2)34(47)37-36)18(11-17)16-4-6-20(40)19(10-16)32(46)49-14-26-29(43)30(44)31(45)33(51-23)52-26/h4-7,10-11,13,24,26,29-31,33,40,42-45H,8-9,12,14H2,1-3H3/q-1. The fourth-order valence-electron chi connectivity index (χ4n) is 6.03. The van der Waals surface area contributed by atoms with E-state index in [1.807, 2.05) is 0 Å². The summed E-state index contributed by atoms with van der Waals surface area (Å²) in [4.78, 5) is 54.7. The number of phenolic OH excluding ortho intramolecular Hbond substituents is 2. The van der Waals surface area contributed by atoms with E-state index in [9.17, 15) is 44.7 Å². The molecule has 0 aromatic heterocycles. The number of rotatable bonds is 5. The summed E-state index contributed by atoms with van der Waals surface area (Å²) in [6, 6.07) is 9.95. The summed E-state index contributed by atoms with van der Waals surface area (Å²) in [5.74, 6) is -2.50. The van der Waals surface area contributed by atoms with Crippen molar-refractivity contribution >= 4 is 27.5 Å². The Morgan fingerprint density at radius 3 is 2.40 bits per heavy atom. The molecule has 53 heavy (non-hydrogen) atoms. The van der Waals surface area contributed by atoms with Crippen LogP contribution in [0.25, 0.3) is 11.1 Å². The van der Waals surface area contributed by atoms with E-state index in [0.717, 1.165) is 0 Å². The van der Waals surface area contributed by atoms with Crippen molar-refractivity contribution in [2.24, 2.45) is 0 Å². The van der Waals surface area contributed by atoms with Gasteiger partial charge in [-0.2, -0.15) is 0 Å². The maximum absolute atomic E-state index is 13.5. The normalized spacial score (nSPS) is 23.5. The van der Waals surface area contributed by atoms with Crippen LogP contribution in [0.5, 0.6) is 28.7 Å². The first-order valence-corrected chi connectivity index (χ1v) is 18.6. The number of Topliss-reactive ketones (excluding diaryl/α,β-unsaturated/α-hetero) is 1. The first-order chi connectivity index (χ1) is 25.2. The van der Waals surface area contributed by atoms with Crippen molar-refractivity contribution in [3.8, 4) is 39.9 Å².